The van der Waals surface area contributed by atoms with Gasteiger partial charge in [-0.2, -0.15) is 0 Å². The Bertz CT molecular complexity index is 141. The molecule has 0 aliphatic carbocycles. The molecule has 3 nitrogen and oxygen atoms in total. The summed E-state index contributed by atoms with van der Waals surface area (Å²) >= 11 is 0. The van der Waals surface area contributed by atoms with E-state index >= 15 is 0 Å². The molecule has 2 N–H and O–H groups in total. The maximum Gasteiger partial charge on any atom is 0.0704 e. The van der Waals surface area contributed by atoms with Crippen LogP contribution in [0.15, 0.2) is 0 Å². The van der Waals surface area contributed by atoms with Gasteiger partial charge in [-0.3, -0.25) is 0 Å². The summed E-state index contributed by atoms with van der Waals surface area (Å²) in [6, 6.07) is 0. The fourth-order valence-electron chi connectivity index (χ4n) is 1.81. The summed E-state index contributed by atoms with van der Waals surface area (Å²) in [6.45, 7) is 8.61. The van der Waals surface area contributed by atoms with Crippen LogP contribution in [0, 0.1) is 0 Å². The van der Waals surface area contributed by atoms with Gasteiger partial charge in [-0.05, 0) is 45.8 Å². The van der Waals surface area contributed by atoms with Crippen molar-refractivity contribution in [2.45, 2.75) is 45.3 Å². The molecular weight excluding hydrogens is 176 g/mol. The van der Waals surface area contributed by atoms with E-state index in [1.165, 1.54) is 19.3 Å². The maximum absolute atomic E-state index is 5.71. The van der Waals surface area contributed by atoms with Crippen molar-refractivity contribution < 1.29 is 4.74 Å². The maximum atomic E-state index is 5.71. The van der Waals surface area contributed by atoms with Crippen LogP contribution in [0.5, 0.6) is 0 Å². The van der Waals surface area contributed by atoms with Crippen LogP contribution in [0.4, 0.5) is 0 Å². The summed E-state index contributed by atoms with van der Waals surface area (Å²) < 4.78 is 5.71. The van der Waals surface area contributed by atoms with E-state index in [1.807, 2.05) is 0 Å². The van der Waals surface area contributed by atoms with E-state index in [1.54, 1.807) is 0 Å². The van der Waals surface area contributed by atoms with Crippen LogP contribution >= 0.6 is 0 Å². The minimum atomic E-state index is 0.462. The summed E-state index contributed by atoms with van der Waals surface area (Å²) in [7, 11) is 0. The van der Waals surface area contributed by atoms with Gasteiger partial charge in [0.05, 0.1) is 12.2 Å². The predicted octanol–water partition coefficient (Wildman–Crippen LogP) is 1.14. The number of hydrogen-bond acceptors (Lipinski definition) is 3. The van der Waals surface area contributed by atoms with Crippen LogP contribution in [0.1, 0.15) is 33.1 Å². The van der Waals surface area contributed by atoms with Gasteiger partial charge in [-0.1, -0.05) is 6.92 Å². The Hall–Kier alpha value is -0.120. The molecule has 1 saturated heterocycles. The number of hydrogen-bond donors (Lipinski definition) is 2. The molecule has 2 unspecified atom stereocenters. The first-order valence-electron chi connectivity index (χ1n) is 5.89. The summed E-state index contributed by atoms with van der Waals surface area (Å²) in [6.07, 6.45) is 4.59. The van der Waals surface area contributed by atoms with E-state index in [0.29, 0.717) is 12.2 Å². The lowest BCUT2D eigenvalue weighted by molar-refractivity contribution is 0.0561. The van der Waals surface area contributed by atoms with Crippen LogP contribution in [0.25, 0.3) is 0 Å². The lowest BCUT2D eigenvalue weighted by atomic mass is 10.2. The predicted molar refractivity (Wildman–Crippen MR) is 59.6 cm³/mol. The molecule has 1 heterocycles. The average molecular weight is 200 g/mol. The van der Waals surface area contributed by atoms with E-state index < -0.39 is 0 Å². The molecule has 0 aromatic rings. The molecule has 1 fully saturated rings. The molecule has 0 saturated carbocycles. The summed E-state index contributed by atoms with van der Waals surface area (Å²) in [5.74, 6) is 0. The first-order valence-corrected chi connectivity index (χ1v) is 5.89. The highest BCUT2D eigenvalue weighted by Gasteiger charge is 2.20. The molecule has 0 amide bonds. The molecule has 0 aromatic heterocycles. The van der Waals surface area contributed by atoms with Gasteiger partial charge in [0.15, 0.2) is 0 Å². The Morgan fingerprint density at radius 2 is 2.00 bits per heavy atom. The largest absolute Gasteiger partial charge is 0.374 e. The first-order chi connectivity index (χ1) is 6.83. The van der Waals surface area contributed by atoms with Crippen LogP contribution < -0.4 is 10.6 Å². The van der Waals surface area contributed by atoms with Gasteiger partial charge in [0.1, 0.15) is 0 Å². The zero-order valence-corrected chi connectivity index (χ0v) is 9.51. The van der Waals surface area contributed by atoms with Crippen molar-refractivity contribution in [3.05, 3.63) is 0 Å². The van der Waals surface area contributed by atoms with Gasteiger partial charge in [-0.25, -0.2) is 0 Å². The quantitative estimate of drug-likeness (QED) is 0.605. The zero-order chi connectivity index (χ0) is 10.2. The average Bonchev–Trinajstić information content (AvgIpc) is 2.58. The second-order valence-electron chi connectivity index (χ2n) is 4.06. The molecule has 84 valence electrons. The van der Waals surface area contributed by atoms with Gasteiger partial charge in [0, 0.05) is 6.54 Å². The SMILES string of the molecule is CCNCCCNCC1CCC(C)O1. The topological polar surface area (TPSA) is 33.3 Å². The van der Waals surface area contributed by atoms with Crippen molar-refractivity contribution in [2.75, 3.05) is 26.2 Å². The Morgan fingerprint density at radius 3 is 2.64 bits per heavy atom. The summed E-state index contributed by atoms with van der Waals surface area (Å²) in [5.41, 5.74) is 0. The minimum absolute atomic E-state index is 0.462. The molecule has 0 radical (unpaired) electrons. The fourth-order valence-corrected chi connectivity index (χ4v) is 1.81. The fraction of sp³-hybridized carbons (Fsp3) is 1.00. The summed E-state index contributed by atoms with van der Waals surface area (Å²) in [5, 5.41) is 6.75. The van der Waals surface area contributed by atoms with E-state index in [4.69, 9.17) is 4.74 Å². The number of nitrogens with one attached hydrogen (secondary N) is 2. The van der Waals surface area contributed by atoms with Gasteiger partial charge < -0.3 is 15.4 Å². The van der Waals surface area contributed by atoms with Crippen molar-refractivity contribution in [3.8, 4) is 0 Å². The van der Waals surface area contributed by atoms with Crippen molar-refractivity contribution in [1.82, 2.24) is 10.6 Å². The second-order valence-corrected chi connectivity index (χ2v) is 4.06. The molecule has 2 atom stereocenters. The van der Waals surface area contributed by atoms with Gasteiger partial charge in [0.25, 0.3) is 0 Å². The molecule has 3 heteroatoms. The first kappa shape index (κ1) is 12.0. The Morgan fingerprint density at radius 1 is 1.21 bits per heavy atom. The second kappa shape index (κ2) is 7.21. The molecule has 1 aliphatic rings. The normalized spacial score (nSPS) is 27.0. The van der Waals surface area contributed by atoms with Gasteiger partial charge >= 0.3 is 0 Å². The highest BCUT2D eigenvalue weighted by atomic mass is 16.5. The third-order valence-corrected chi connectivity index (χ3v) is 2.65. The molecule has 0 aromatic carbocycles. The Labute approximate surface area is 87.6 Å². The van der Waals surface area contributed by atoms with Crippen molar-refractivity contribution in [1.29, 1.82) is 0 Å². The number of rotatable bonds is 7. The molecule has 1 rings (SSSR count). The van der Waals surface area contributed by atoms with Crippen molar-refractivity contribution >= 4 is 0 Å². The van der Waals surface area contributed by atoms with Crippen LogP contribution in [0.2, 0.25) is 0 Å². The smallest absolute Gasteiger partial charge is 0.0704 e. The monoisotopic (exact) mass is 200 g/mol. The van der Waals surface area contributed by atoms with Crippen molar-refractivity contribution in [3.63, 3.8) is 0 Å². The van der Waals surface area contributed by atoms with Crippen LogP contribution in [-0.2, 0) is 4.74 Å². The van der Waals surface area contributed by atoms with Crippen LogP contribution in [-0.4, -0.2) is 38.4 Å². The molecule has 1 aliphatic heterocycles. The molecular formula is C11H24N2O. The lowest BCUT2D eigenvalue weighted by Gasteiger charge is -2.12. The van der Waals surface area contributed by atoms with E-state index in [9.17, 15) is 0 Å². The van der Waals surface area contributed by atoms with Gasteiger partial charge in [-0.15, -0.1) is 0 Å². The highest BCUT2D eigenvalue weighted by molar-refractivity contribution is 4.72. The zero-order valence-electron chi connectivity index (χ0n) is 9.51. The lowest BCUT2D eigenvalue weighted by Crippen LogP contribution is -2.29. The number of ether oxygens (including phenoxy) is 1. The third-order valence-electron chi connectivity index (χ3n) is 2.65. The van der Waals surface area contributed by atoms with Gasteiger partial charge in [0.2, 0.25) is 0 Å². The molecule has 0 spiro atoms. The molecule has 0 bridgehead atoms. The Balaban J connectivity index is 1.84. The van der Waals surface area contributed by atoms with E-state index in [0.717, 1.165) is 26.2 Å². The molecule has 14 heavy (non-hydrogen) atoms. The van der Waals surface area contributed by atoms with Crippen LogP contribution in [0.3, 0.4) is 0 Å². The van der Waals surface area contributed by atoms with Crippen molar-refractivity contribution in [2.24, 2.45) is 0 Å². The standard InChI is InChI=1S/C11H24N2O/c1-3-12-7-4-8-13-9-11-6-5-10(2)14-11/h10-13H,3-9H2,1-2H3. The van der Waals surface area contributed by atoms with E-state index in [-0.39, 0.29) is 0 Å². The minimum Gasteiger partial charge on any atom is -0.374 e. The highest BCUT2D eigenvalue weighted by Crippen LogP contribution is 2.17. The summed E-state index contributed by atoms with van der Waals surface area (Å²) in [4.78, 5) is 0. The Kier molecular flexibility index (Phi) is 6.15. The van der Waals surface area contributed by atoms with E-state index in [2.05, 4.69) is 24.5 Å². The third kappa shape index (κ3) is 4.94.